The summed E-state index contributed by atoms with van der Waals surface area (Å²) < 4.78 is 41.3. The van der Waals surface area contributed by atoms with Gasteiger partial charge in [0.2, 0.25) is 0 Å². The van der Waals surface area contributed by atoms with Crippen molar-refractivity contribution < 1.29 is 13.2 Å². The van der Waals surface area contributed by atoms with Gasteiger partial charge in [-0.1, -0.05) is 13.0 Å². The average Bonchev–Trinajstić information content (AvgIpc) is 2.85. The highest BCUT2D eigenvalue weighted by Gasteiger charge is 2.20. The van der Waals surface area contributed by atoms with Crippen LogP contribution in [-0.4, -0.2) is 9.78 Å². The third-order valence-electron chi connectivity index (χ3n) is 2.87. The molecule has 0 aliphatic rings. The number of rotatable bonds is 4. The minimum absolute atomic E-state index is 0.0880. The first-order valence-electron chi connectivity index (χ1n) is 5.96. The first-order valence-corrected chi connectivity index (χ1v) is 5.96. The molecule has 3 nitrogen and oxygen atoms in total. The summed E-state index contributed by atoms with van der Waals surface area (Å²) in [5, 5.41) is 4.07. The number of benzene rings is 1. The fraction of sp³-hybridized carbons (Fsp3) is 0.308. The first kappa shape index (κ1) is 13.6. The van der Waals surface area contributed by atoms with Crippen LogP contribution in [-0.2, 0) is 6.54 Å². The van der Waals surface area contributed by atoms with Crippen molar-refractivity contribution in [2.75, 3.05) is 0 Å². The molecule has 0 fully saturated rings. The molecular weight excluding hydrogens is 255 g/mol. The van der Waals surface area contributed by atoms with Gasteiger partial charge in [0.15, 0.2) is 17.5 Å². The molecule has 102 valence electrons. The number of nitrogens with zero attached hydrogens (tertiary/aromatic N) is 2. The topological polar surface area (TPSA) is 43.8 Å². The maximum Gasteiger partial charge on any atom is 0.194 e. The zero-order chi connectivity index (χ0) is 14.0. The van der Waals surface area contributed by atoms with Crippen molar-refractivity contribution in [1.29, 1.82) is 0 Å². The number of aryl methyl sites for hydroxylation is 1. The molecule has 6 heteroatoms. The molecule has 1 aromatic heterocycles. The fourth-order valence-corrected chi connectivity index (χ4v) is 1.85. The number of nitrogens with two attached hydrogens (primary N) is 1. The van der Waals surface area contributed by atoms with E-state index in [1.807, 2.05) is 6.92 Å². The number of aromatic nitrogens is 2. The highest BCUT2D eigenvalue weighted by atomic mass is 19.2. The lowest BCUT2D eigenvalue weighted by Crippen LogP contribution is -2.14. The van der Waals surface area contributed by atoms with E-state index < -0.39 is 23.5 Å². The summed E-state index contributed by atoms with van der Waals surface area (Å²) >= 11 is 0. The monoisotopic (exact) mass is 269 g/mol. The molecule has 0 bridgehead atoms. The van der Waals surface area contributed by atoms with Crippen molar-refractivity contribution in [1.82, 2.24) is 9.78 Å². The van der Waals surface area contributed by atoms with Crippen LogP contribution in [0.15, 0.2) is 24.5 Å². The Bertz CT molecular complexity index is 581. The summed E-state index contributed by atoms with van der Waals surface area (Å²) in [5.41, 5.74) is 6.33. The summed E-state index contributed by atoms with van der Waals surface area (Å²) in [6, 6.07) is 1.14. The van der Waals surface area contributed by atoms with Crippen LogP contribution in [0.4, 0.5) is 13.2 Å². The number of hydrogen-bond donors (Lipinski definition) is 1. The minimum Gasteiger partial charge on any atom is -0.320 e. The maximum atomic E-state index is 13.6. The molecule has 19 heavy (non-hydrogen) atoms. The average molecular weight is 269 g/mol. The molecule has 1 unspecified atom stereocenters. The van der Waals surface area contributed by atoms with Gasteiger partial charge in [-0.3, -0.25) is 4.68 Å². The predicted molar refractivity (Wildman–Crippen MR) is 64.9 cm³/mol. The quantitative estimate of drug-likeness (QED) is 0.867. The Balaban J connectivity index is 2.33. The Morgan fingerprint density at radius 1 is 1.26 bits per heavy atom. The van der Waals surface area contributed by atoms with Crippen molar-refractivity contribution in [2.45, 2.75) is 25.9 Å². The van der Waals surface area contributed by atoms with Crippen LogP contribution in [0.3, 0.4) is 0 Å². The van der Waals surface area contributed by atoms with Crippen LogP contribution < -0.4 is 5.73 Å². The van der Waals surface area contributed by atoms with E-state index in [1.165, 1.54) is 6.20 Å². The van der Waals surface area contributed by atoms with E-state index in [0.29, 0.717) is 12.1 Å². The molecule has 0 saturated heterocycles. The molecular formula is C13H14F3N3. The fourth-order valence-electron chi connectivity index (χ4n) is 1.85. The van der Waals surface area contributed by atoms with Gasteiger partial charge >= 0.3 is 0 Å². The lowest BCUT2D eigenvalue weighted by molar-refractivity contribution is 0.438. The van der Waals surface area contributed by atoms with Crippen molar-refractivity contribution in [3.05, 3.63) is 53.1 Å². The van der Waals surface area contributed by atoms with Gasteiger partial charge in [-0.15, -0.1) is 0 Å². The number of hydrogen-bond acceptors (Lipinski definition) is 2. The third-order valence-corrected chi connectivity index (χ3v) is 2.87. The lowest BCUT2D eigenvalue weighted by Gasteiger charge is -2.11. The van der Waals surface area contributed by atoms with E-state index >= 15 is 0 Å². The smallest absolute Gasteiger partial charge is 0.194 e. The van der Waals surface area contributed by atoms with Gasteiger partial charge in [-0.05, 0) is 12.5 Å². The van der Waals surface area contributed by atoms with Gasteiger partial charge in [0.25, 0.3) is 0 Å². The van der Waals surface area contributed by atoms with E-state index in [0.717, 1.165) is 18.6 Å². The molecule has 0 aliphatic heterocycles. The molecule has 0 amide bonds. The SMILES string of the molecule is CCCn1cc(C(N)c2ccc(F)c(F)c2F)cn1. The zero-order valence-corrected chi connectivity index (χ0v) is 10.4. The minimum atomic E-state index is -1.51. The summed E-state index contributed by atoms with van der Waals surface area (Å²) in [5.74, 6) is -3.99. The molecule has 1 atom stereocenters. The Hall–Kier alpha value is -1.82. The summed E-state index contributed by atoms with van der Waals surface area (Å²) in [6.07, 6.45) is 4.08. The second-order valence-electron chi connectivity index (χ2n) is 4.28. The molecule has 0 spiro atoms. The van der Waals surface area contributed by atoms with Crippen LogP contribution in [0.1, 0.15) is 30.5 Å². The Morgan fingerprint density at radius 3 is 2.68 bits per heavy atom. The summed E-state index contributed by atoms with van der Waals surface area (Å²) in [7, 11) is 0. The molecule has 2 aromatic rings. The number of halogens is 3. The molecule has 0 aliphatic carbocycles. The van der Waals surface area contributed by atoms with E-state index in [9.17, 15) is 13.2 Å². The molecule has 2 rings (SSSR count). The van der Waals surface area contributed by atoms with Gasteiger partial charge in [0, 0.05) is 23.9 Å². The zero-order valence-electron chi connectivity index (χ0n) is 10.4. The third kappa shape index (κ3) is 2.63. The van der Waals surface area contributed by atoms with Crippen LogP contribution in [0.25, 0.3) is 0 Å². The van der Waals surface area contributed by atoms with Gasteiger partial charge in [-0.2, -0.15) is 5.10 Å². The van der Waals surface area contributed by atoms with E-state index in [4.69, 9.17) is 5.73 Å². The van der Waals surface area contributed by atoms with Crippen molar-refractivity contribution in [3.8, 4) is 0 Å². The van der Waals surface area contributed by atoms with Gasteiger partial charge in [0.1, 0.15) is 0 Å². The van der Waals surface area contributed by atoms with Crippen LogP contribution in [0.5, 0.6) is 0 Å². The largest absolute Gasteiger partial charge is 0.320 e. The lowest BCUT2D eigenvalue weighted by atomic mass is 10.0. The standard InChI is InChI=1S/C13H14F3N3/c1-2-5-19-7-8(6-18-19)13(17)9-3-4-10(14)12(16)11(9)15/h3-4,6-7,13H,2,5,17H2,1H3. The van der Waals surface area contributed by atoms with Crippen LogP contribution in [0, 0.1) is 17.5 Å². The second kappa shape index (κ2) is 5.44. The van der Waals surface area contributed by atoms with Crippen LogP contribution in [0.2, 0.25) is 0 Å². The molecule has 1 aromatic carbocycles. The van der Waals surface area contributed by atoms with E-state index in [-0.39, 0.29) is 5.56 Å². The normalized spacial score (nSPS) is 12.7. The van der Waals surface area contributed by atoms with Crippen molar-refractivity contribution in [3.63, 3.8) is 0 Å². The summed E-state index contributed by atoms with van der Waals surface area (Å²) in [4.78, 5) is 0. The predicted octanol–water partition coefficient (Wildman–Crippen LogP) is 2.76. The molecule has 1 heterocycles. The Kier molecular flexibility index (Phi) is 3.90. The Morgan fingerprint density at radius 2 is 2.00 bits per heavy atom. The first-order chi connectivity index (χ1) is 9.04. The highest BCUT2D eigenvalue weighted by Crippen LogP contribution is 2.24. The maximum absolute atomic E-state index is 13.6. The highest BCUT2D eigenvalue weighted by molar-refractivity contribution is 5.30. The summed E-state index contributed by atoms with van der Waals surface area (Å²) in [6.45, 7) is 2.71. The van der Waals surface area contributed by atoms with E-state index in [1.54, 1.807) is 10.9 Å². The van der Waals surface area contributed by atoms with Gasteiger partial charge in [0.05, 0.1) is 12.2 Å². The van der Waals surface area contributed by atoms with Crippen molar-refractivity contribution >= 4 is 0 Å². The molecule has 0 radical (unpaired) electrons. The molecule has 0 saturated carbocycles. The van der Waals surface area contributed by atoms with Crippen LogP contribution >= 0.6 is 0 Å². The van der Waals surface area contributed by atoms with E-state index in [2.05, 4.69) is 5.10 Å². The molecule has 2 N–H and O–H groups in total. The Labute approximate surface area is 108 Å². The van der Waals surface area contributed by atoms with Gasteiger partial charge < -0.3 is 5.73 Å². The van der Waals surface area contributed by atoms with Gasteiger partial charge in [-0.25, -0.2) is 13.2 Å². The second-order valence-corrected chi connectivity index (χ2v) is 4.28. The van der Waals surface area contributed by atoms with Crippen molar-refractivity contribution in [2.24, 2.45) is 5.73 Å².